The third-order valence-electron chi connectivity index (χ3n) is 4.73. The van der Waals surface area contributed by atoms with Gasteiger partial charge in [0.05, 0.1) is 4.92 Å². The molecule has 0 saturated heterocycles. The van der Waals surface area contributed by atoms with Crippen LogP contribution in [0.15, 0.2) is 47.0 Å². The van der Waals surface area contributed by atoms with E-state index in [1.54, 1.807) is 0 Å². The van der Waals surface area contributed by atoms with Crippen LogP contribution in [0.2, 0.25) is 5.02 Å². The highest BCUT2D eigenvalue weighted by atomic mass is 35.5. The fourth-order valence-corrected chi connectivity index (χ4v) is 3.06. The lowest BCUT2D eigenvalue weighted by atomic mass is 9.87. The maximum atomic E-state index is 12.2. The van der Waals surface area contributed by atoms with Crippen LogP contribution in [-0.4, -0.2) is 40.0 Å². The second-order valence-corrected chi connectivity index (χ2v) is 8.59. The van der Waals surface area contributed by atoms with Crippen LogP contribution >= 0.6 is 11.6 Å². The van der Waals surface area contributed by atoms with Crippen molar-refractivity contribution in [2.45, 2.75) is 26.2 Å². The summed E-state index contributed by atoms with van der Waals surface area (Å²) in [4.78, 5) is 38.8. The van der Waals surface area contributed by atoms with Gasteiger partial charge in [-0.3, -0.25) is 19.7 Å². The lowest BCUT2D eigenvalue weighted by molar-refractivity contribution is -0.384. The Balaban J connectivity index is 1.52. The van der Waals surface area contributed by atoms with Crippen LogP contribution in [0, 0.1) is 10.1 Å². The average molecular weight is 472 g/mol. The maximum absolute atomic E-state index is 12.2. The van der Waals surface area contributed by atoms with Gasteiger partial charge in [-0.2, -0.15) is 4.98 Å². The Labute approximate surface area is 194 Å². The van der Waals surface area contributed by atoms with Crippen LogP contribution in [0.25, 0.3) is 11.4 Å². The Bertz CT molecular complexity index is 1180. The first-order chi connectivity index (χ1) is 15.6. The van der Waals surface area contributed by atoms with Gasteiger partial charge in [0.2, 0.25) is 5.82 Å². The monoisotopic (exact) mass is 471 g/mol. The molecular formula is C22H22ClN5O5. The molecular weight excluding hydrogens is 450 g/mol. The molecule has 0 fully saturated rings. The third-order valence-corrected chi connectivity index (χ3v) is 5.05. The standard InChI is InChI=1S/C22H22ClN5O5/c1-22(2,3)15-7-4-13(5-8-15)18-26-21(33-27-18)20(30)25-11-10-24-19(29)14-6-9-16(23)17(12-14)28(31)32/h4-9,12H,10-11H2,1-3H3,(H,24,29)(H,25,30). The molecule has 0 aliphatic rings. The number of aromatic nitrogens is 2. The van der Waals surface area contributed by atoms with Gasteiger partial charge in [-0.05, 0) is 23.1 Å². The number of nitro groups is 1. The minimum absolute atomic E-state index is 0.0124. The Morgan fingerprint density at radius 1 is 1.06 bits per heavy atom. The molecule has 2 aromatic carbocycles. The summed E-state index contributed by atoms with van der Waals surface area (Å²) in [5.41, 5.74) is 1.60. The molecule has 0 bridgehead atoms. The molecule has 0 saturated carbocycles. The van der Waals surface area contributed by atoms with E-state index >= 15 is 0 Å². The maximum Gasteiger partial charge on any atom is 0.316 e. The molecule has 0 spiro atoms. The molecule has 0 atom stereocenters. The minimum atomic E-state index is -0.670. The van der Waals surface area contributed by atoms with Crippen LogP contribution in [0.4, 0.5) is 5.69 Å². The predicted molar refractivity (Wildman–Crippen MR) is 121 cm³/mol. The normalized spacial score (nSPS) is 11.2. The summed E-state index contributed by atoms with van der Waals surface area (Å²) >= 11 is 5.74. The van der Waals surface area contributed by atoms with Crippen molar-refractivity contribution in [2.24, 2.45) is 0 Å². The lowest BCUT2D eigenvalue weighted by Gasteiger charge is -2.18. The molecule has 33 heavy (non-hydrogen) atoms. The second-order valence-electron chi connectivity index (χ2n) is 8.19. The van der Waals surface area contributed by atoms with Crippen molar-refractivity contribution in [3.05, 3.63) is 74.6 Å². The average Bonchev–Trinajstić information content (AvgIpc) is 3.26. The quantitative estimate of drug-likeness (QED) is 0.303. The number of nitrogens with one attached hydrogen (secondary N) is 2. The van der Waals surface area contributed by atoms with Gasteiger partial charge < -0.3 is 15.2 Å². The molecule has 3 rings (SSSR count). The van der Waals surface area contributed by atoms with Gasteiger partial charge in [0.25, 0.3) is 11.6 Å². The molecule has 0 aliphatic heterocycles. The summed E-state index contributed by atoms with van der Waals surface area (Å²) in [6, 6.07) is 11.4. The van der Waals surface area contributed by atoms with E-state index in [-0.39, 0.29) is 40.7 Å². The van der Waals surface area contributed by atoms with E-state index in [2.05, 4.69) is 41.5 Å². The zero-order chi connectivity index (χ0) is 24.2. The number of carbonyl (C=O) groups is 2. The smallest absolute Gasteiger partial charge is 0.316 e. The number of amides is 2. The molecule has 1 heterocycles. The highest BCUT2D eigenvalue weighted by Gasteiger charge is 2.18. The zero-order valence-electron chi connectivity index (χ0n) is 18.2. The number of hydrogen-bond donors (Lipinski definition) is 2. The molecule has 0 radical (unpaired) electrons. The lowest BCUT2D eigenvalue weighted by Crippen LogP contribution is -2.34. The van der Waals surface area contributed by atoms with Gasteiger partial charge in [0, 0.05) is 30.3 Å². The van der Waals surface area contributed by atoms with E-state index < -0.39 is 16.7 Å². The molecule has 2 amide bonds. The molecule has 2 N–H and O–H groups in total. The summed E-state index contributed by atoms with van der Waals surface area (Å²) in [6.07, 6.45) is 0. The Hall–Kier alpha value is -3.79. The first kappa shape index (κ1) is 23.9. The van der Waals surface area contributed by atoms with Crippen LogP contribution in [0.3, 0.4) is 0 Å². The van der Waals surface area contributed by atoms with E-state index in [1.165, 1.54) is 12.1 Å². The largest absolute Gasteiger partial charge is 0.350 e. The molecule has 0 aliphatic carbocycles. The number of benzene rings is 2. The van der Waals surface area contributed by atoms with Crippen molar-refractivity contribution in [1.82, 2.24) is 20.8 Å². The van der Waals surface area contributed by atoms with Crippen LogP contribution in [-0.2, 0) is 5.41 Å². The van der Waals surface area contributed by atoms with Gasteiger partial charge in [-0.15, -0.1) is 0 Å². The highest BCUT2D eigenvalue weighted by Crippen LogP contribution is 2.26. The van der Waals surface area contributed by atoms with Crippen LogP contribution < -0.4 is 10.6 Å². The van der Waals surface area contributed by atoms with Crippen LogP contribution in [0.5, 0.6) is 0 Å². The van der Waals surface area contributed by atoms with Crippen molar-refractivity contribution >= 4 is 29.1 Å². The fourth-order valence-electron chi connectivity index (χ4n) is 2.88. The molecule has 10 nitrogen and oxygen atoms in total. The van der Waals surface area contributed by atoms with Crippen molar-refractivity contribution in [1.29, 1.82) is 0 Å². The molecule has 3 aromatic rings. The number of carbonyl (C=O) groups excluding carboxylic acids is 2. The number of hydrogen-bond acceptors (Lipinski definition) is 7. The summed E-state index contributed by atoms with van der Waals surface area (Å²) in [6.45, 7) is 6.50. The number of nitro benzene ring substituents is 1. The van der Waals surface area contributed by atoms with E-state index in [0.717, 1.165) is 17.2 Å². The van der Waals surface area contributed by atoms with Gasteiger partial charge in [0.1, 0.15) is 5.02 Å². The predicted octanol–water partition coefficient (Wildman–Crippen LogP) is 3.76. The Morgan fingerprint density at radius 3 is 2.30 bits per heavy atom. The van der Waals surface area contributed by atoms with Gasteiger partial charge in [0.15, 0.2) is 0 Å². The highest BCUT2D eigenvalue weighted by molar-refractivity contribution is 6.32. The van der Waals surface area contributed by atoms with E-state index in [0.29, 0.717) is 5.82 Å². The molecule has 0 unspecified atom stereocenters. The minimum Gasteiger partial charge on any atom is -0.350 e. The first-order valence-corrected chi connectivity index (χ1v) is 10.4. The van der Waals surface area contributed by atoms with Crippen molar-refractivity contribution in [3.63, 3.8) is 0 Å². The van der Waals surface area contributed by atoms with Gasteiger partial charge in [-0.25, -0.2) is 0 Å². The second kappa shape index (κ2) is 9.78. The summed E-state index contributed by atoms with van der Waals surface area (Å²) in [5, 5.41) is 19.8. The molecule has 172 valence electrons. The van der Waals surface area contributed by atoms with Gasteiger partial charge in [-0.1, -0.05) is 61.8 Å². The number of rotatable bonds is 7. The van der Waals surface area contributed by atoms with Gasteiger partial charge >= 0.3 is 11.8 Å². The summed E-state index contributed by atoms with van der Waals surface area (Å²) in [5.74, 6) is -1.04. The zero-order valence-corrected chi connectivity index (χ0v) is 19.0. The topological polar surface area (TPSA) is 140 Å². The fraction of sp³-hybridized carbons (Fsp3) is 0.273. The van der Waals surface area contributed by atoms with E-state index in [4.69, 9.17) is 16.1 Å². The first-order valence-electron chi connectivity index (χ1n) is 10.0. The Kier molecular flexibility index (Phi) is 7.07. The van der Waals surface area contributed by atoms with Crippen molar-refractivity contribution in [3.8, 4) is 11.4 Å². The van der Waals surface area contributed by atoms with Crippen molar-refractivity contribution in [2.75, 3.05) is 13.1 Å². The van der Waals surface area contributed by atoms with Crippen LogP contribution in [0.1, 0.15) is 47.4 Å². The third kappa shape index (κ3) is 5.92. The van der Waals surface area contributed by atoms with E-state index in [9.17, 15) is 19.7 Å². The summed E-state index contributed by atoms with van der Waals surface area (Å²) in [7, 11) is 0. The Morgan fingerprint density at radius 2 is 1.70 bits per heavy atom. The molecule has 11 heteroatoms. The van der Waals surface area contributed by atoms with Crippen molar-refractivity contribution < 1.29 is 19.0 Å². The number of halogens is 1. The SMILES string of the molecule is CC(C)(C)c1ccc(-c2noc(C(=O)NCCNC(=O)c3ccc(Cl)c([N+](=O)[O-])c3)n2)cc1. The number of nitrogens with zero attached hydrogens (tertiary/aromatic N) is 3. The molecule has 1 aromatic heterocycles. The summed E-state index contributed by atoms with van der Waals surface area (Å²) < 4.78 is 5.04. The van der Waals surface area contributed by atoms with E-state index in [1.807, 2.05) is 24.3 Å².